The fourth-order valence-electron chi connectivity index (χ4n) is 2.67. The lowest BCUT2D eigenvalue weighted by Crippen LogP contribution is -2.49. The Morgan fingerprint density at radius 3 is 3.06 bits per heavy atom. The van der Waals surface area contributed by atoms with Crippen LogP contribution in [0.4, 0.5) is 0 Å². The molecule has 1 saturated heterocycles. The molecule has 2 heterocycles. The predicted octanol–water partition coefficient (Wildman–Crippen LogP) is 2.73. The number of carbonyl (C=O) groups is 1. The van der Waals surface area contributed by atoms with Gasteiger partial charge in [0.25, 0.3) is 5.91 Å². The molecule has 2 N–H and O–H groups in total. The predicted molar refractivity (Wildman–Crippen MR) is 75.8 cm³/mol. The monoisotopic (exact) mass is 266 g/mol. The van der Waals surface area contributed by atoms with Crippen LogP contribution < -0.4 is 5.73 Å². The molecule has 0 bridgehead atoms. The Morgan fingerprint density at radius 1 is 1.56 bits per heavy atom. The first-order valence-electron chi connectivity index (χ1n) is 6.79. The van der Waals surface area contributed by atoms with E-state index < -0.39 is 0 Å². The van der Waals surface area contributed by atoms with Gasteiger partial charge in [-0.25, -0.2) is 0 Å². The molecule has 0 aromatic carbocycles. The highest BCUT2D eigenvalue weighted by atomic mass is 32.1. The molecule has 18 heavy (non-hydrogen) atoms. The van der Waals surface area contributed by atoms with E-state index in [0.29, 0.717) is 12.5 Å². The van der Waals surface area contributed by atoms with Crippen LogP contribution in [0.2, 0.25) is 0 Å². The fourth-order valence-corrected chi connectivity index (χ4v) is 3.36. The molecule has 2 rings (SSSR count). The van der Waals surface area contributed by atoms with Crippen LogP contribution in [0, 0.1) is 5.92 Å². The highest BCUT2D eigenvalue weighted by Gasteiger charge is 2.28. The second-order valence-electron chi connectivity index (χ2n) is 5.19. The molecule has 0 aliphatic carbocycles. The normalized spacial score (nSPS) is 24.2. The molecule has 0 spiro atoms. The van der Waals surface area contributed by atoms with Crippen molar-refractivity contribution in [2.24, 2.45) is 11.7 Å². The zero-order valence-corrected chi connectivity index (χ0v) is 11.8. The van der Waals surface area contributed by atoms with Crippen LogP contribution in [-0.2, 0) is 0 Å². The summed E-state index contributed by atoms with van der Waals surface area (Å²) in [5.41, 5.74) is 6.09. The Labute approximate surface area is 113 Å². The smallest absolute Gasteiger partial charge is 0.263 e. The second kappa shape index (κ2) is 6.34. The van der Waals surface area contributed by atoms with Gasteiger partial charge in [0.05, 0.1) is 4.88 Å². The van der Waals surface area contributed by atoms with Crippen molar-refractivity contribution < 1.29 is 4.79 Å². The minimum atomic E-state index is 0.143. The van der Waals surface area contributed by atoms with Gasteiger partial charge in [0.1, 0.15) is 0 Å². The van der Waals surface area contributed by atoms with Gasteiger partial charge in [0.15, 0.2) is 0 Å². The molecule has 1 aliphatic rings. The van der Waals surface area contributed by atoms with E-state index in [1.807, 2.05) is 22.4 Å². The number of unbranched alkanes of at least 4 members (excludes halogenated alkanes) is 1. The number of hydrogen-bond donors (Lipinski definition) is 1. The van der Waals surface area contributed by atoms with Crippen LogP contribution in [0.15, 0.2) is 17.5 Å². The van der Waals surface area contributed by atoms with Crippen molar-refractivity contribution in [2.45, 2.75) is 38.6 Å². The molecule has 4 heteroatoms. The number of rotatable bonds is 4. The van der Waals surface area contributed by atoms with Crippen LogP contribution in [0.3, 0.4) is 0 Å². The summed E-state index contributed by atoms with van der Waals surface area (Å²) in [4.78, 5) is 15.1. The molecular formula is C14H22N2OS. The zero-order chi connectivity index (χ0) is 13.0. The van der Waals surface area contributed by atoms with E-state index in [0.717, 1.165) is 17.8 Å². The van der Waals surface area contributed by atoms with E-state index in [-0.39, 0.29) is 11.9 Å². The van der Waals surface area contributed by atoms with Gasteiger partial charge in [-0.1, -0.05) is 25.8 Å². The SMILES string of the molecule is CCCCC1CC(N)CN(C(=O)c2cccs2)C1. The van der Waals surface area contributed by atoms with Gasteiger partial charge in [-0.15, -0.1) is 11.3 Å². The first-order chi connectivity index (χ1) is 8.70. The summed E-state index contributed by atoms with van der Waals surface area (Å²) in [6, 6.07) is 3.97. The van der Waals surface area contributed by atoms with Crippen molar-refractivity contribution in [2.75, 3.05) is 13.1 Å². The zero-order valence-electron chi connectivity index (χ0n) is 11.0. The summed E-state index contributed by atoms with van der Waals surface area (Å²) >= 11 is 1.51. The minimum Gasteiger partial charge on any atom is -0.336 e. The Morgan fingerprint density at radius 2 is 2.39 bits per heavy atom. The number of likely N-dealkylation sites (tertiary alicyclic amines) is 1. The Hall–Kier alpha value is -0.870. The highest BCUT2D eigenvalue weighted by molar-refractivity contribution is 7.12. The third kappa shape index (κ3) is 3.33. The van der Waals surface area contributed by atoms with Crippen molar-refractivity contribution in [3.63, 3.8) is 0 Å². The third-order valence-electron chi connectivity index (χ3n) is 3.55. The van der Waals surface area contributed by atoms with Gasteiger partial charge >= 0.3 is 0 Å². The molecule has 2 atom stereocenters. The number of nitrogens with two attached hydrogens (primary N) is 1. The maximum atomic E-state index is 12.3. The summed E-state index contributed by atoms with van der Waals surface area (Å²) in [5.74, 6) is 0.735. The quantitative estimate of drug-likeness (QED) is 0.911. The maximum Gasteiger partial charge on any atom is 0.263 e. The van der Waals surface area contributed by atoms with Crippen LogP contribution in [0.5, 0.6) is 0 Å². The molecule has 1 aromatic heterocycles. The molecule has 1 aromatic rings. The third-order valence-corrected chi connectivity index (χ3v) is 4.41. The van der Waals surface area contributed by atoms with E-state index >= 15 is 0 Å². The maximum absolute atomic E-state index is 12.3. The summed E-state index contributed by atoms with van der Waals surface area (Å²) in [7, 11) is 0. The van der Waals surface area contributed by atoms with E-state index in [9.17, 15) is 4.79 Å². The van der Waals surface area contributed by atoms with Crippen LogP contribution in [0.1, 0.15) is 42.3 Å². The first-order valence-corrected chi connectivity index (χ1v) is 7.67. The molecule has 0 saturated carbocycles. The first kappa shape index (κ1) is 13.6. The molecule has 3 nitrogen and oxygen atoms in total. The van der Waals surface area contributed by atoms with Gasteiger partial charge < -0.3 is 10.6 Å². The molecular weight excluding hydrogens is 244 g/mol. The molecule has 0 radical (unpaired) electrons. The molecule has 100 valence electrons. The van der Waals surface area contributed by atoms with E-state index in [1.54, 1.807) is 0 Å². The van der Waals surface area contributed by atoms with Gasteiger partial charge in [-0.2, -0.15) is 0 Å². The lowest BCUT2D eigenvalue weighted by Gasteiger charge is -2.36. The lowest BCUT2D eigenvalue weighted by atomic mass is 9.90. The van der Waals surface area contributed by atoms with Gasteiger partial charge in [-0.3, -0.25) is 4.79 Å². The second-order valence-corrected chi connectivity index (χ2v) is 6.14. The summed E-state index contributed by atoms with van der Waals surface area (Å²) in [5, 5.41) is 1.95. The number of carbonyl (C=O) groups excluding carboxylic acids is 1. The molecule has 1 aliphatic heterocycles. The standard InChI is InChI=1S/C14H22N2OS/c1-2-3-5-11-8-12(15)10-16(9-11)14(17)13-6-4-7-18-13/h4,6-7,11-12H,2-3,5,8-10,15H2,1H3. The summed E-state index contributed by atoms with van der Waals surface area (Å²) in [6.45, 7) is 3.79. The number of piperidine rings is 1. The van der Waals surface area contributed by atoms with Crippen molar-refractivity contribution in [1.82, 2.24) is 4.90 Å². The summed E-state index contributed by atoms with van der Waals surface area (Å²) in [6.07, 6.45) is 4.70. The van der Waals surface area contributed by atoms with Crippen molar-refractivity contribution in [1.29, 1.82) is 0 Å². The fraction of sp³-hybridized carbons (Fsp3) is 0.643. The average molecular weight is 266 g/mol. The Bertz CT molecular complexity index is 377. The largest absolute Gasteiger partial charge is 0.336 e. The number of amides is 1. The Kier molecular flexibility index (Phi) is 4.78. The minimum absolute atomic E-state index is 0.143. The van der Waals surface area contributed by atoms with Crippen LogP contribution >= 0.6 is 11.3 Å². The number of hydrogen-bond acceptors (Lipinski definition) is 3. The van der Waals surface area contributed by atoms with Crippen LogP contribution in [-0.4, -0.2) is 29.9 Å². The van der Waals surface area contributed by atoms with Crippen molar-refractivity contribution >= 4 is 17.2 Å². The van der Waals surface area contributed by atoms with Crippen molar-refractivity contribution in [3.8, 4) is 0 Å². The highest BCUT2D eigenvalue weighted by Crippen LogP contribution is 2.23. The molecule has 1 fully saturated rings. The lowest BCUT2D eigenvalue weighted by molar-refractivity contribution is 0.0647. The van der Waals surface area contributed by atoms with Gasteiger partial charge in [0.2, 0.25) is 0 Å². The van der Waals surface area contributed by atoms with E-state index in [4.69, 9.17) is 5.73 Å². The summed E-state index contributed by atoms with van der Waals surface area (Å²) < 4.78 is 0. The number of nitrogens with zero attached hydrogens (tertiary/aromatic N) is 1. The van der Waals surface area contributed by atoms with Gasteiger partial charge in [-0.05, 0) is 30.2 Å². The van der Waals surface area contributed by atoms with E-state index in [1.165, 1.54) is 30.6 Å². The average Bonchev–Trinajstić information content (AvgIpc) is 2.88. The topological polar surface area (TPSA) is 46.3 Å². The van der Waals surface area contributed by atoms with Gasteiger partial charge in [0, 0.05) is 19.1 Å². The Balaban J connectivity index is 1.97. The molecule has 2 unspecified atom stereocenters. The van der Waals surface area contributed by atoms with Crippen LogP contribution in [0.25, 0.3) is 0 Å². The van der Waals surface area contributed by atoms with Crippen molar-refractivity contribution in [3.05, 3.63) is 22.4 Å². The number of thiophene rings is 1. The van der Waals surface area contributed by atoms with E-state index in [2.05, 4.69) is 6.92 Å². The molecule has 1 amide bonds.